The van der Waals surface area contributed by atoms with Crippen LogP contribution in [0.4, 0.5) is 5.69 Å². The number of anilines is 1. The number of aromatic nitrogens is 2. The number of hydrogen-bond acceptors (Lipinski definition) is 6. The molecule has 0 radical (unpaired) electrons. The molecular formula is C13H9N5O2. The van der Waals surface area contributed by atoms with Gasteiger partial charge >= 0.3 is 0 Å². The van der Waals surface area contributed by atoms with Crippen LogP contribution in [0.15, 0.2) is 29.1 Å². The van der Waals surface area contributed by atoms with Gasteiger partial charge in [0, 0.05) is 0 Å². The number of hydrogen-bond donors (Lipinski definition) is 1. The van der Waals surface area contributed by atoms with Crippen LogP contribution >= 0.6 is 0 Å². The SMILES string of the molecule is COc1ccc(-n2nc(C#N)c(N)c(C#N)c2=O)cc1. The molecule has 0 aliphatic carbocycles. The highest BCUT2D eigenvalue weighted by Gasteiger charge is 2.15. The molecule has 7 nitrogen and oxygen atoms in total. The quantitative estimate of drug-likeness (QED) is 0.849. The van der Waals surface area contributed by atoms with Crippen molar-refractivity contribution in [3.63, 3.8) is 0 Å². The highest BCUT2D eigenvalue weighted by Crippen LogP contribution is 2.15. The summed E-state index contributed by atoms with van der Waals surface area (Å²) in [5.41, 5.74) is 4.62. The van der Waals surface area contributed by atoms with Crippen molar-refractivity contribution in [3.05, 3.63) is 45.9 Å². The Kier molecular flexibility index (Phi) is 3.36. The van der Waals surface area contributed by atoms with Crippen molar-refractivity contribution < 1.29 is 4.74 Å². The van der Waals surface area contributed by atoms with Crippen LogP contribution < -0.4 is 16.0 Å². The van der Waals surface area contributed by atoms with Gasteiger partial charge in [0.05, 0.1) is 18.5 Å². The molecule has 0 aliphatic heterocycles. The summed E-state index contributed by atoms with van der Waals surface area (Å²) in [6.45, 7) is 0. The first-order valence-corrected chi connectivity index (χ1v) is 5.49. The molecule has 0 aliphatic rings. The molecule has 1 aromatic heterocycles. The van der Waals surface area contributed by atoms with Crippen LogP contribution in [0, 0.1) is 22.7 Å². The lowest BCUT2D eigenvalue weighted by Gasteiger charge is -2.08. The third-order valence-corrected chi connectivity index (χ3v) is 2.67. The van der Waals surface area contributed by atoms with Crippen LogP contribution in [0.1, 0.15) is 11.3 Å². The van der Waals surface area contributed by atoms with E-state index in [1.54, 1.807) is 36.4 Å². The maximum Gasteiger partial charge on any atom is 0.291 e. The van der Waals surface area contributed by atoms with Crippen molar-refractivity contribution in [2.24, 2.45) is 0 Å². The molecule has 0 fully saturated rings. The molecular weight excluding hydrogens is 258 g/mol. The van der Waals surface area contributed by atoms with Gasteiger partial charge in [0.2, 0.25) is 0 Å². The fraction of sp³-hybridized carbons (Fsp3) is 0.0769. The summed E-state index contributed by atoms with van der Waals surface area (Å²) in [5.74, 6) is 0.609. The van der Waals surface area contributed by atoms with Crippen molar-refractivity contribution in [3.8, 4) is 23.6 Å². The summed E-state index contributed by atoms with van der Waals surface area (Å²) in [7, 11) is 1.52. The van der Waals surface area contributed by atoms with E-state index in [0.717, 1.165) is 4.68 Å². The fourth-order valence-corrected chi connectivity index (χ4v) is 1.63. The Hall–Kier alpha value is -3.32. The normalized spacial score (nSPS) is 9.55. The standard InChI is InChI=1S/C13H9N5O2/c1-20-9-4-2-8(3-5-9)18-13(19)10(6-14)12(16)11(7-15)17-18/h2-5H,16H2,1H3. The Morgan fingerprint density at radius 1 is 1.25 bits per heavy atom. The molecule has 0 saturated heterocycles. The Balaban J connectivity index is 2.72. The number of nitrogens with zero attached hydrogens (tertiary/aromatic N) is 4. The van der Waals surface area contributed by atoms with Crippen LogP contribution in [0.25, 0.3) is 5.69 Å². The Morgan fingerprint density at radius 2 is 1.90 bits per heavy atom. The van der Waals surface area contributed by atoms with E-state index in [9.17, 15) is 4.79 Å². The van der Waals surface area contributed by atoms with E-state index in [1.165, 1.54) is 7.11 Å². The highest BCUT2D eigenvalue weighted by atomic mass is 16.5. The van der Waals surface area contributed by atoms with E-state index in [1.807, 2.05) is 0 Å². The summed E-state index contributed by atoms with van der Waals surface area (Å²) in [6.07, 6.45) is 0. The lowest BCUT2D eigenvalue weighted by atomic mass is 10.2. The number of methoxy groups -OCH3 is 1. The van der Waals surface area contributed by atoms with E-state index in [4.69, 9.17) is 21.0 Å². The van der Waals surface area contributed by atoms with Crippen molar-refractivity contribution in [1.29, 1.82) is 10.5 Å². The number of nitrogens with two attached hydrogens (primary N) is 1. The zero-order valence-corrected chi connectivity index (χ0v) is 10.5. The van der Waals surface area contributed by atoms with Gasteiger partial charge in [-0.1, -0.05) is 0 Å². The summed E-state index contributed by atoms with van der Waals surface area (Å²) in [5, 5.41) is 21.8. The second-order valence-corrected chi connectivity index (χ2v) is 3.78. The first-order valence-electron chi connectivity index (χ1n) is 5.49. The number of rotatable bonds is 2. The lowest BCUT2D eigenvalue weighted by Crippen LogP contribution is -2.26. The Labute approximate surface area is 114 Å². The van der Waals surface area contributed by atoms with Crippen molar-refractivity contribution in [1.82, 2.24) is 9.78 Å². The number of ether oxygens (including phenoxy) is 1. The van der Waals surface area contributed by atoms with Crippen LogP contribution in [0.5, 0.6) is 5.75 Å². The van der Waals surface area contributed by atoms with E-state index in [2.05, 4.69) is 5.10 Å². The molecule has 0 saturated carbocycles. The van der Waals surface area contributed by atoms with Crippen LogP contribution in [0.3, 0.4) is 0 Å². The topological polar surface area (TPSA) is 118 Å². The average molecular weight is 267 g/mol. The zero-order valence-electron chi connectivity index (χ0n) is 10.5. The van der Waals surface area contributed by atoms with Crippen LogP contribution in [-0.4, -0.2) is 16.9 Å². The molecule has 0 amide bonds. The molecule has 0 atom stereocenters. The van der Waals surface area contributed by atoms with Crippen molar-refractivity contribution in [2.75, 3.05) is 12.8 Å². The third kappa shape index (κ3) is 2.04. The molecule has 0 spiro atoms. The number of nitriles is 2. The second-order valence-electron chi connectivity index (χ2n) is 3.78. The lowest BCUT2D eigenvalue weighted by molar-refractivity contribution is 0.414. The molecule has 0 unspecified atom stereocenters. The minimum atomic E-state index is -0.672. The first kappa shape index (κ1) is 13.1. The average Bonchev–Trinajstić information content (AvgIpc) is 2.48. The minimum Gasteiger partial charge on any atom is -0.497 e. The monoisotopic (exact) mass is 267 g/mol. The Bertz CT molecular complexity index is 794. The molecule has 0 bridgehead atoms. The van der Waals surface area contributed by atoms with E-state index < -0.39 is 5.56 Å². The number of benzene rings is 1. The fourth-order valence-electron chi connectivity index (χ4n) is 1.63. The van der Waals surface area contributed by atoms with Crippen molar-refractivity contribution >= 4 is 5.69 Å². The molecule has 7 heteroatoms. The Morgan fingerprint density at radius 3 is 2.40 bits per heavy atom. The van der Waals surface area contributed by atoms with Gasteiger partial charge in [-0.15, -0.1) is 0 Å². The molecule has 1 heterocycles. The smallest absolute Gasteiger partial charge is 0.291 e. The molecule has 2 aromatic rings. The highest BCUT2D eigenvalue weighted by molar-refractivity contribution is 5.60. The van der Waals surface area contributed by atoms with Gasteiger partial charge in [0.25, 0.3) is 5.56 Å². The summed E-state index contributed by atoms with van der Waals surface area (Å²) < 4.78 is 5.98. The molecule has 2 N–H and O–H groups in total. The predicted octanol–water partition coefficient (Wildman–Crippen LogP) is 0.567. The van der Waals surface area contributed by atoms with Gasteiger partial charge in [0.15, 0.2) is 5.69 Å². The first-order chi connectivity index (χ1) is 9.62. The molecule has 1 aromatic carbocycles. The predicted molar refractivity (Wildman–Crippen MR) is 70.2 cm³/mol. The van der Waals surface area contributed by atoms with E-state index >= 15 is 0 Å². The van der Waals surface area contributed by atoms with E-state index in [-0.39, 0.29) is 16.9 Å². The van der Waals surface area contributed by atoms with Gasteiger partial charge in [-0.3, -0.25) is 4.79 Å². The van der Waals surface area contributed by atoms with Gasteiger partial charge in [0.1, 0.15) is 23.5 Å². The molecule has 20 heavy (non-hydrogen) atoms. The summed E-state index contributed by atoms with van der Waals surface area (Å²) >= 11 is 0. The van der Waals surface area contributed by atoms with Crippen LogP contribution in [0.2, 0.25) is 0 Å². The largest absolute Gasteiger partial charge is 0.497 e. The van der Waals surface area contributed by atoms with Gasteiger partial charge < -0.3 is 10.5 Å². The minimum absolute atomic E-state index is 0.169. The van der Waals surface area contributed by atoms with Gasteiger partial charge in [-0.2, -0.15) is 20.3 Å². The van der Waals surface area contributed by atoms with E-state index in [0.29, 0.717) is 11.4 Å². The maximum atomic E-state index is 12.1. The number of nitrogen functional groups attached to an aromatic ring is 1. The third-order valence-electron chi connectivity index (χ3n) is 2.67. The zero-order chi connectivity index (χ0) is 14.7. The van der Waals surface area contributed by atoms with Crippen LogP contribution in [-0.2, 0) is 0 Å². The summed E-state index contributed by atoms with van der Waals surface area (Å²) in [6, 6.07) is 9.91. The molecule has 2 rings (SSSR count). The van der Waals surface area contributed by atoms with Gasteiger partial charge in [-0.25, -0.2) is 0 Å². The summed E-state index contributed by atoms with van der Waals surface area (Å²) in [4.78, 5) is 12.1. The second kappa shape index (κ2) is 5.12. The van der Waals surface area contributed by atoms with Crippen molar-refractivity contribution in [2.45, 2.75) is 0 Å². The van der Waals surface area contributed by atoms with Gasteiger partial charge in [-0.05, 0) is 24.3 Å². The maximum absolute atomic E-state index is 12.1. The molecule has 98 valence electrons.